The van der Waals surface area contributed by atoms with Gasteiger partial charge in [-0.15, -0.1) is 0 Å². The van der Waals surface area contributed by atoms with Crippen LogP contribution in [-0.2, 0) is 4.74 Å². The Bertz CT molecular complexity index is 526. The Hall–Kier alpha value is -1.45. The molecule has 0 aliphatic carbocycles. The number of nitrogens with two attached hydrogens (primary N) is 1. The normalized spacial score (nSPS) is 25.0. The van der Waals surface area contributed by atoms with Crippen LogP contribution in [0.5, 0.6) is 0 Å². The molecular formula is C14H16N2O. The predicted octanol–water partition coefficient (Wildman–Crippen LogP) is 2.41. The first-order valence-corrected chi connectivity index (χ1v) is 6.05. The smallest absolute Gasteiger partial charge is 0.0839 e. The van der Waals surface area contributed by atoms with Crippen molar-refractivity contribution in [1.82, 2.24) is 4.98 Å². The van der Waals surface area contributed by atoms with Crippen molar-refractivity contribution in [3.05, 3.63) is 42.1 Å². The van der Waals surface area contributed by atoms with Crippen LogP contribution in [0.3, 0.4) is 0 Å². The zero-order valence-corrected chi connectivity index (χ0v) is 9.67. The van der Waals surface area contributed by atoms with Gasteiger partial charge in [-0.1, -0.05) is 12.1 Å². The number of rotatable bonds is 1. The zero-order chi connectivity index (χ0) is 11.7. The molecule has 1 aliphatic heterocycles. The van der Waals surface area contributed by atoms with Gasteiger partial charge >= 0.3 is 0 Å². The molecular weight excluding hydrogens is 212 g/mol. The Morgan fingerprint density at radius 1 is 1.29 bits per heavy atom. The number of benzene rings is 1. The molecule has 2 N–H and O–H groups in total. The van der Waals surface area contributed by atoms with Gasteiger partial charge in [0.2, 0.25) is 0 Å². The molecule has 1 aromatic carbocycles. The van der Waals surface area contributed by atoms with Gasteiger partial charge in [0.05, 0.1) is 11.6 Å². The lowest BCUT2D eigenvalue weighted by atomic mass is 9.97. The second-order valence-corrected chi connectivity index (χ2v) is 4.60. The molecule has 3 nitrogen and oxygen atoms in total. The van der Waals surface area contributed by atoms with Crippen LogP contribution in [0, 0.1) is 0 Å². The minimum atomic E-state index is 0.142. The van der Waals surface area contributed by atoms with E-state index in [1.165, 1.54) is 5.56 Å². The summed E-state index contributed by atoms with van der Waals surface area (Å²) in [5.74, 6) is 0. The molecule has 0 saturated carbocycles. The highest BCUT2D eigenvalue weighted by Gasteiger charge is 2.21. The van der Waals surface area contributed by atoms with Crippen LogP contribution >= 0.6 is 0 Å². The topological polar surface area (TPSA) is 48.1 Å². The minimum Gasteiger partial charge on any atom is -0.373 e. The zero-order valence-electron chi connectivity index (χ0n) is 9.67. The first-order chi connectivity index (χ1) is 8.33. The van der Waals surface area contributed by atoms with E-state index < -0.39 is 0 Å². The highest BCUT2D eigenvalue weighted by atomic mass is 16.5. The van der Waals surface area contributed by atoms with Gasteiger partial charge in [0.25, 0.3) is 0 Å². The van der Waals surface area contributed by atoms with Crippen molar-refractivity contribution in [2.24, 2.45) is 5.73 Å². The summed E-state index contributed by atoms with van der Waals surface area (Å²) in [6, 6.07) is 10.6. The summed E-state index contributed by atoms with van der Waals surface area (Å²) in [4.78, 5) is 4.32. The minimum absolute atomic E-state index is 0.142. The number of nitrogens with zero attached hydrogens (tertiary/aromatic N) is 1. The number of aromatic nitrogens is 1. The average Bonchev–Trinajstić information content (AvgIpc) is 2.38. The van der Waals surface area contributed by atoms with Gasteiger partial charge in [-0.25, -0.2) is 0 Å². The summed E-state index contributed by atoms with van der Waals surface area (Å²) >= 11 is 0. The predicted molar refractivity (Wildman–Crippen MR) is 67.6 cm³/mol. The first kappa shape index (κ1) is 10.7. The van der Waals surface area contributed by atoms with E-state index in [1.807, 2.05) is 18.3 Å². The maximum absolute atomic E-state index is 5.98. The Kier molecular flexibility index (Phi) is 2.79. The lowest BCUT2D eigenvalue weighted by Gasteiger charge is -2.27. The Morgan fingerprint density at radius 3 is 3.12 bits per heavy atom. The van der Waals surface area contributed by atoms with E-state index in [-0.39, 0.29) is 12.1 Å². The van der Waals surface area contributed by atoms with Gasteiger partial charge in [-0.2, -0.15) is 0 Å². The number of hydrogen-bond donors (Lipinski definition) is 1. The van der Waals surface area contributed by atoms with Gasteiger partial charge in [-0.05, 0) is 36.6 Å². The van der Waals surface area contributed by atoms with E-state index in [1.54, 1.807) is 0 Å². The fourth-order valence-electron chi connectivity index (χ4n) is 2.35. The van der Waals surface area contributed by atoms with E-state index in [0.717, 1.165) is 30.4 Å². The molecule has 0 radical (unpaired) electrons. The van der Waals surface area contributed by atoms with E-state index in [9.17, 15) is 0 Å². The molecule has 1 fully saturated rings. The van der Waals surface area contributed by atoms with Crippen LogP contribution in [-0.4, -0.2) is 17.6 Å². The summed E-state index contributed by atoms with van der Waals surface area (Å²) < 4.78 is 5.78. The number of pyridine rings is 1. The van der Waals surface area contributed by atoms with Crippen LogP contribution < -0.4 is 5.73 Å². The average molecular weight is 228 g/mol. The van der Waals surface area contributed by atoms with Gasteiger partial charge in [0, 0.05) is 24.2 Å². The van der Waals surface area contributed by atoms with Gasteiger partial charge in [-0.3, -0.25) is 4.98 Å². The number of ether oxygens (including phenoxy) is 1. The van der Waals surface area contributed by atoms with Crippen LogP contribution in [0.1, 0.15) is 24.5 Å². The molecule has 2 heterocycles. The highest BCUT2D eigenvalue weighted by Crippen LogP contribution is 2.29. The molecule has 1 aromatic heterocycles. The third kappa shape index (κ3) is 2.16. The quantitative estimate of drug-likeness (QED) is 0.815. The van der Waals surface area contributed by atoms with Gasteiger partial charge in [0.15, 0.2) is 0 Å². The molecule has 1 saturated heterocycles. The standard InChI is InChI=1S/C14H16N2O/c15-12-5-7-17-14(9-12)11-3-4-13-10(8-11)2-1-6-16-13/h1-4,6,8,12,14H,5,7,9,15H2. The monoisotopic (exact) mass is 228 g/mol. The van der Waals surface area contributed by atoms with Crippen molar-refractivity contribution < 1.29 is 4.74 Å². The summed E-state index contributed by atoms with van der Waals surface area (Å²) in [6.45, 7) is 0.761. The summed E-state index contributed by atoms with van der Waals surface area (Å²) in [5.41, 5.74) is 8.22. The van der Waals surface area contributed by atoms with E-state index in [2.05, 4.69) is 23.2 Å². The summed E-state index contributed by atoms with van der Waals surface area (Å²) in [5, 5.41) is 1.16. The second-order valence-electron chi connectivity index (χ2n) is 4.60. The first-order valence-electron chi connectivity index (χ1n) is 6.05. The van der Waals surface area contributed by atoms with Crippen molar-refractivity contribution in [2.75, 3.05) is 6.61 Å². The van der Waals surface area contributed by atoms with Crippen LogP contribution in [0.15, 0.2) is 36.5 Å². The fourth-order valence-corrected chi connectivity index (χ4v) is 2.35. The van der Waals surface area contributed by atoms with Crippen LogP contribution in [0.2, 0.25) is 0 Å². The maximum atomic E-state index is 5.98. The lowest BCUT2D eigenvalue weighted by molar-refractivity contribution is 0.00675. The lowest BCUT2D eigenvalue weighted by Crippen LogP contribution is -2.30. The molecule has 2 unspecified atom stereocenters. The summed E-state index contributed by atoms with van der Waals surface area (Å²) in [6.07, 6.45) is 3.83. The van der Waals surface area contributed by atoms with Crippen molar-refractivity contribution in [1.29, 1.82) is 0 Å². The third-order valence-corrected chi connectivity index (χ3v) is 3.32. The van der Waals surface area contributed by atoms with Gasteiger partial charge in [0.1, 0.15) is 0 Å². The van der Waals surface area contributed by atoms with E-state index in [4.69, 9.17) is 10.5 Å². The van der Waals surface area contributed by atoms with Crippen molar-refractivity contribution in [3.63, 3.8) is 0 Å². The fraction of sp³-hybridized carbons (Fsp3) is 0.357. The Balaban J connectivity index is 1.94. The van der Waals surface area contributed by atoms with Crippen molar-refractivity contribution in [3.8, 4) is 0 Å². The molecule has 3 rings (SSSR count). The molecule has 0 spiro atoms. The van der Waals surface area contributed by atoms with E-state index in [0.29, 0.717) is 0 Å². The molecule has 17 heavy (non-hydrogen) atoms. The van der Waals surface area contributed by atoms with Crippen molar-refractivity contribution >= 4 is 10.9 Å². The van der Waals surface area contributed by atoms with E-state index >= 15 is 0 Å². The number of fused-ring (bicyclic) bond motifs is 1. The molecule has 3 heteroatoms. The second kappa shape index (κ2) is 4.43. The van der Waals surface area contributed by atoms with Crippen molar-refractivity contribution in [2.45, 2.75) is 25.0 Å². The summed E-state index contributed by atoms with van der Waals surface area (Å²) in [7, 11) is 0. The van der Waals surface area contributed by atoms with Gasteiger partial charge < -0.3 is 10.5 Å². The number of hydrogen-bond acceptors (Lipinski definition) is 3. The molecule has 2 atom stereocenters. The maximum Gasteiger partial charge on any atom is 0.0839 e. The third-order valence-electron chi connectivity index (χ3n) is 3.32. The Labute approximate surface area is 101 Å². The molecule has 2 aromatic rings. The molecule has 1 aliphatic rings. The Morgan fingerprint density at radius 2 is 2.24 bits per heavy atom. The SMILES string of the molecule is NC1CCOC(c2ccc3ncccc3c2)C1. The molecule has 0 bridgehead atoms. The largest absolute Gasteiger partial charge is 0.373 e. The van der Waals surface area contributed by atoms with Crippen LogP contribution in [0.4, 0.5) is 0 Å². The van der Waals surface area contributed by atoms with Crippen LogP contribution in [0.25, 0.3) is 10.9 Å². The molecule has 0 amide bonds. The highest BCUT2D eigenvalue weighted by molar-refractivity contribution is 5.79. The molecule has 88 valence electrons.